The molecule has 0 atom stereocenters. The Morgan fingerprint density at radius 2 is 2.23 bits per heavy atom. The molecule has 0 saturated heterocycles. The molecule has 0 aliphatic rings. The minimum absolute atomic E-state index is 0.160. The number of allylic oxidation sites excluding steroid dienone is 1. The molecule has 68 valence electrons. The van der Waals surface area contributed by atoms with Crippen LogP contribution in [0, 0.1) is 6.92 Å². The van der Waals surface area contributed by atoms with Crippen LogP contribution in [-0.4, -0.2) is 11.4 Å². The lowest BCUT2D eigenvalue weighted by Crippen LogP contribution is -1.95. The van der Waals surface area contributed by atoms with Gasteiger partial charge in [0.2, 0.25) is 0 Å². The molecular weight excluding hydrogens is 164 g/mol. The summed E-state index contributed by atoms with van der Waals surface area (Å²) in [6.45, 7) is 5.42. The van der Waals surface area contributed by atoms with E-state index < -0.39 is 0 Å². The maximum atomic E-state index is 10.7. The van der Waals surface area contributed by atoms with Gasteiger partial charge >= 0.3 is 0 Å². The molecule has 13 heavy (non-hydrogen) atoms. The highest BCUT2D eigenvalue weighted by Crippen LogP contribution is 2.23. The van der Waals surface area contributed by atoms with Crippen LogP contribution < -0.4 is 0 Å². The van der Waals surface area contributed by atoms with Gasteiger partial charge in [-0.3, -0.25) is 4.79 Å². The Bertz CT molecular complexity index is 340. The number of carbonyl (C=O) groups is 1. The van der Waals surface area contributed by atoms with E-state index in [9.17, 15) is 9.90 Å². The molecule has 0 radical (unpaired) electrons. The highest BCUT2D eigenvalue weighted by molar-refractivity contribution is 5.81. The topological polar surface area (TPSA) is 37.3 Å². The average Bonchev–Trinajstić information content (AvgIpc) is 2.12. The van der Waals surface area contributed by atoms with Crippen molar-refractivity contribution in [2.75, 3.05) is 0 Å². The van der Waals surface area contributed by atoms with Gasteiger partial charge in [0.05, 0.1) is 0 Å². The molecule has 0 aromatic heterocycles. The zero-order chi connectivity index (χ0) is 9.84. The molecule has 1 rings (SSSR count). The van der Waals surface area contributed by atoms with Crippen LogP contribution in [0.15, 0.2) is 24.8 Å². The number of phenols is 1. The summed E-state index contributed by atoms with van der Waals surface area (Å²) in [7, 11) is 0. The third-order valence-electron chi connectivity index (χ3n) is 2.02. The Labute approximate surface area is 77.5 Å². The molecule has 1 aromatic carbocycles. The number of hydrogen-bond donors (Lipinski definition) is 1. The van der Waals surface area contributed by atoms with Crippen molar-refractivity contribution in [1.29, 1.82) is 0 Å². The zero-order valence-corrected chi connectivity index (χ0v) is 7.58. The Hall–Kier alpha value is -1.57. The van der Waals surface area contributed by atoms with E-state index in [1.54, 1.807) is 18.2 Å². The van der Waals surface area contributed by atoms with Crippen molar-refractivity contribution in [2.45, 2.75) is 13.3 Å². The van der Waals surface area contributed by atoms with Crippen molar-refractivity contribution in [3.63, 3.8) is 0 Å². The number of aryl methyl sites for hydroxylation is 1. The van der Waals surface area contributed by atoms with Gasteiger partial charge in [-0.1, -0.05) is 12.1 Å². The highest BCUT2D eigenvalue weighted by atomic mass is 16.3. The van der Waals surface area contributed by atoms with Crippen LogP contribution >= 0.6 is 0 Å². The van der Waals surface area contributed by atoms with Crippen molar-refractivity contribution < 1.29 is 9.90 Å². The number of aldehydes is 1. The summed E-state index contributed by atoms with van der Waals surface area (Å²) >= 11 is 0. The summed E-state index contributed by atoms with van der Waals surface area (Å²) in [6, 6.07) is 3.33. The van der Waals surface area contributed by atoms with Crippen LogP contribution in [0.3, 0.4) is 0 Å². The lowest BCUT2D eigenvalue weighted by Gasteiger charge is -2.07. The molecule has 0 unspecified atom stereocenters. The molecule has 0 saturated carbocycles. The van der Waals surface area contributed by atoms with Crippen LogP contribution in [0.4, 0.5) is 0 Å². The van der Waals surface area contributed by atoms with Gasteiger partial charge in [0, 0.05) is 11.1 Å². The van der Waals surface area contributed by atoms with Gasteiger partial charge in [-0.2, -0.15) is 0 Å². The predicted molar refractivity (Wildman–Crippen MR) is 52.1 cm³/mol. The van der Waals surface area contributed by atoms with Crippen LogP contribution in [-0.2, 0) is 6.42 Å². The summed E-state index contributed by atoms with van der Waals surface area (Å²) in [5.74, 6) is 0.160. The van der Waals surface area contributed by atoms with E-state index >= 15 is 0 Å². The first-order chi connectivity index (χ1) is 6.20. The van der Waals surface area contributed by atoms with Gasteiger partial charge in [0.25, 0.3) is 0 Å². The Kier molecular flexibility index (Phi) is 2.85. The first-order valence-electron chi connectivity index (χ1n) is 4.08. The molecule has 2 nitrogen and oxygen atoms in total. The van der Waals surface area contributed by atoms with Crippen molar-refractivity contribution in [2.24, 2.45) is 0 Å². The molecule has 2 heteroatoms. The fraction of sp³-hybridized carbons (Fsp3) is 0.182. The summed E-state index contributed by atoms with van der Waals surface area (Å²) in [6.07, 6.45) is 2.96. The zero-order valence-electron chi connectivity index (χ0n) is 7.58. The minimum atomic E-state index is 0.160. The van der Waals surface area contributed by atoms with Crippen molar-refractivity contribution >= 4 is 6.29 Å². The van der Waals surface area contributed by atoms with Gasteiger partial charge in [-0.05, 0) is 25.0 Å². The molecule has 0 amide bonds. The molecule has 0 fully saturated rings. The third-order valence-corrected chi connectivity index (χ3v) is 2.02. The summed E-state index contributed by atoms with van der Waals surface area (Å²) in [4.78, 5) is 10.7. The normalized spacial score (nSPS) is 9.62. The largest absolute Gasteiger partial charge is 0.508 e. The summed E-state index contributed by atoms with van der Waals surface area (Å²) in [5, 5.41) is 9.47. The molecule has 1 N–H and O–H groups in total. The second kappa shape index (κ2) is 3.90. The maximum absolute atomic E-state index is 10.7. The standard InChI is InChI=1S/C11H12O2/c1-3-4-9-10(7-12)8(2)5-6-11(9)13/h3,5-7,13H,1,4H2,2H3. The lowest BCUT2D eigenvalue weighted by atomic mass is 9.99. The number of benzene rings is 1. The lowest BCUT2D eigenvalue weighted by molar-refractivity contribution is 0.112. The molecule has 0 aliphatic heterocycles. The molecule has 0 bridgehead atoms. The van der Waals surface area contributed by atoms with E-state index in [-0.39, 0.29) is 5.75 Å². The average molecular weight is 176 g/mol. The second-order valence-corrected chi connectivity index (χ2v) is 2.90. The van der Waals surface area contributed by atoms with Gasteiger partial charge in [-0.15, -0.1) is 6.58 Å². The third kappa shape index (κ3) is 1.78. The quantitative estimate of drug-likeness (QED) is 0.566. The summed E-state index contributed by atoms with van der Waals surface area (Å²) in [5.41, 5.74) is 2.11. The monoisotopic (exact) mass is 176 g/mol. The van der Waals surface area contributed by atoms with Gasteiger partial charge in [0.1, 0.15) is 5.75 Å². The SMILES string of the molecule is C=CCc1c(O)ccc(C)c1C=O. The van der Waals surface area contributed by atoms with Gasteiger partial charge in [0.15, 0.2) is 6.29 Å². The van der Waals surface area contributed by atoms with Crippen molar-refractivity contribution in [1.82, 2.24) is 0 Å². The van der Waals surface area contributed by atoms with E-state index in [0.29, 0.717) is 17.5 Å². The van der Waals surface area contributed by atoms with E-state index in [1.807, 2.05) is 6.92 Å². The smallest absolute Gasteiger partial charge is 0.150 e. The first-order valence-corrected chi connectivity index (χ1v) is 4.08. The number of phenolic OH excluding ortho intramolecular Hbond substituents is 1. The first kappa shape index (κ1) is 9.52. The van der Waals surface area contributed by atoms with E-state index in [0.717, 1.165) is 11.8 Å². The van der Waals surface area contributed by atoms with Gasteiger partial charge < -0.3 is 5.11 Å². The Morgan fingerprint density at radius 1 is 1.54 bits per heavy atom. The van der Waals surface area contributed by atoms with E-state index in [4.69, 9.17) is 0 Å². The minimum Gasteiger partial charge on any atom is -0.508 e. The maximum Gasteiger partial charge on any atom is 0.150 e. The number of rotatable bonds is 3. The number of aromatic hydroxyl groups is 1. The van der Waals surface area contributed by atoms with E-state index in [1.165, 1.54) is 0 Å². The molecule has 0 heterocycles. The van der Waals surface area contributed by atoms with Crippen molar-refractivity contribution in [3.8, 4) is 5.75 Å². The van der Waals surface area contributed by atoms with Gasteiger partial charge in [-0.25, -0.2) is 0 Å². The number of hydrogen-bond acceptors (Lipinski definition) is 2. The predicted octanol–water partition coefficient (Wildman–Crippen LogP) is 2.24. The van der Waals surface area contributed by atoms with Crippen LogP contribution in [0.5, 0.6) is 5.75 Å². The van der Waals surface area contributed by atoms with Crippen LogP contribution in [0.2, 0.25) is 0 Å². The second-order valence-electron chi connectivity index (χ2n) is 2.90. The molecular formula is C11H12O2. The number of carbonyl (C=O) groups excluding carboxylic acids is 1. The van der Waals surface area contributed by atoms with Crippen LogP contribution in [0.25, 0.3) is 0 Å². The van der Waals surface area contributed by atoms with E-state index in [2.05, 4.69) is 6.58 Å². The fourth-order valence-corrected chi connectivity index (χ4v) is 1.29. The van der Waals surface area contributed by atoms with Crippen LogP contribution in [0.1, 0.15) is 21.5 Å². The Morgan fingerprint density at radius 3 is 2.77 bits per heavy atom. The summed E-state index contributed by atoms with van der Waals surface area (Å²) < 4.78 is 0. The molecule has 0 spiro atoms. The fourth-order valence-electron chi connectivity index (χ4n) is 1.29. The molecule has 1 aromatic rings. The molecule has 0 aliphatic carbocycles. The van der Waals surface area contributed by atoms with Crippen molar-refractivity contribution in [3.05, 3.63) is 41.5 Å². The highest BCUT2D eigenvalue weighted by Gasteiger charge is 2.07. The Balaban J connectivity index is 3.33.